The van der Waals surface area contributed by atoms with Crippen molar-refractivity contribution in [3.8, 4) is 11.5 Å². The van der Waals surface area contributed by atoms with Crippen LogP contribution >= 0.6 is 23.2 Å². The minimum atomic E-state index is -0.166. The van der Waals surface area contributed by atoms with Crippen LogP contribution in [0.1, 0.15) is 47.9 Å². The van der Waals surface area contributed by atoms with Gasteiger partial charge < -0.3 is 9.47 Å². The fraction of sp³-hybridized carbons (Fsp3) is 0.200. The molecule has 0 aromatic heterocycles. The molecule has 8 nitrogen and oxygen atoms in total. The Hall–Kier alpha value is -5.18. The number of carbonyl (C=O) groups is 2. The summed E-state index contributed by atoms with van der Waals surface area (Å²) in [5.74, 6) is 2.08. The number of para-hydroxylation sites is 2. The smallest absolute Gasteiger partial charge is 0.278 e. The molecule has 4 aromatic carbocycles. The average molecular weight is 708 g/mol. The molecule has 0 bridgehead atoms. The number of aliphatic imine (C=N–C) groups is 2. The van der Waals surface area contributed by atoms with Crippen LogP contribution in [0, 0.1) is 0 Å². The van der Waals surface area contributed by atoms with Crippen LogP contribution in [0.4, 0.5) is 0 Å². The molecule has 0 fully saturated rings. The molecular weight excluding hydrogens is 671 g/mol. The second-order valence-electron chi connectivity index (χ2n) is 11.8. The fourth-order valence-electron chi connectivity index (χ4n) is 5.91. The minimum absolute atomic E-state index is 0.166. The third-order valence-electron chi connectivity index (χ3n) is 8.45. The number of rotatable bonds is 13. The molecule has 50 heavy (non-hydrogen) atoms. The first-order valence-electron chi connectivity index (χ1n) is 16.4. The number of benzene rings is 4. The highest BCUT2D eigenvalue weighted by Gasteiger charge is 2.33. The van der Waals surface area contributed by atoms with Gasteiger partial charge in [0.1, 0.15) is 34.6 Å². The van der Waals surface area contributed by atoms with Crippen LogP contribution in [0.3, 0.4) is 0 Å². The van der Waals surface area contributed by atoms with Gasteiger partial charge in [-0.15, -0.1) is 0 Å². The number of amides is 2. The minimum Gasteiger partial charge on any atom is -0.496 e. The van der Waals surface area contributed by atoms with E-state index in [1.54, 1.807) is 60.4 Å². The number of hydrogen-bond donors (Lipinski definition) is 0. The van der Waals surface area contributed by atoms with E-state index in [1.165, 1.54) is 0 Å². The van der Waals surface area contributed by atoms with Crippen LogP contribution in [0.2, 0.25) is 10.0 Å². The Morgan fingerprint density at radius 2 is 0.940 bits per heavy atom. The Morgan fingerprint density at radius 3 is 1.32 bits per heavy atom. The lowest BCUT2D eigenvalue weighted by molar-refractivity contribution is -0.123. The molecule has 0 saturated heterocycles. The van der Waals surface area contributed by atoms with Crippen LogP contribution in [0.5, 0.6) is 11.5 Å². The zero-order valence-corrected chi connectivity index (χ0v) is 29.3. The van der Waals surface area contributed by atoms with E-state index in [0.29, 0.717) is 57.7 Å². The molecule has 2 aliphatic heterocycles. The van der Waals surface area contributed by atoms with Gasteiger partial charge in [-0.3, -0.25) is 19.4 Å². The summed E-state index contributed by atoms with van der Waals surface area (Å²) in [4.78, 5) is 40.4. The van der Waals surface area contributed by atoms with E-state index in [4.69, 9.17) is 42.7 Å². The molecule has 4 aromatic rings. The van der Waals surface area contributed by atoms with Crippen molar-refractivity contribution >= 4 is 58.8 Å². The zero-order valence-electron chi connectivity index (χ0n) is 27.8. The lowest BCUT2D eigenvalue weighted by atomic mass is 10.1. The second-order valence-corrected chi connectivity index (χ2v) is 12.6. The van der Waals surface area contributed by atoms with Gasteiger partial charge in [-0.1, -0.05) is 84.6 Å². The summed E-state index contributed by atoms with van der Waals surface area (Å²) in [6.07, 6.45) is 6.73. The predicted octanol–water partition coefficient (Wildman–Crippen LogP) is 8.53. The van der Waals surface area contributed by atoms with Gasteiger partial charge in [0.2, 0.25) is 0 Å². The Bertz CT molecular complexity index is 1860. The molecule has 0 aliphatic carbocycles. The second kappa shape index (κ2) is 16.0. The molecule has 254 valence electrons. The van der Waals surface area contributed by atoms with E-state index in [9.17, 15) is 9.59 Å². The molecular formula is C40H36Cl2N4O4. The van der Waals surface area contributed by atoms with Gasteiger partial charge in [0.25, 0.3) is 11.8 Å². The standard InChI is InChI=1S/C40H36Cl2N4O4/c1-49-35-13-7-5-11-31(35)37-43-33(25-27-15-19-29(41)20-16-27)39(47)45(37)23-9-3-4-10-24-46-38(32-12-6-8-14-36(32)50-2)44-34(40(46)48)26-28-17-21-30(42)22-18-28/h5-8,11-22,25-26H,3-4,9-10,23-24H2,1-2H3/b33-25-,34-26+. The lowest BCUT2D eigenvalue weighted by Crippen LogP contribution is -2.34. The average Bonchev–Trinajstić information content (AvgIpc) is 3.62. The third-order valence-corrected chi connectivity index (χ3v) is 8.95. The Balaban J connectivity index is 1.13. The van der Waals surface area contributed by atoms with Gasteiger partial charge in [0.15, 0.2) is 0 Å². The van der Waals surface area contributed by atoms with Crippen LogP contribution < -0.4 is 9.47 Å². The monoisotopic (exact) mass is 706 g/mol. The van der Waals surface area contributed by atoms with Crippen molar-refractivity contribution in [1.82, 2.24) is 9.80 Å². The predicted molar refractivity (Wildman–Crippen MR) is 200 cm³/mol. The molecule has 0 N–H and O–H groups in total. The quantitative estimate of drug-likeness (QED) is 0.103. The summed E-state index contributed by atoms with van der Waals surface area (Å²) < 4.78 is 11.2. The van der Waals surface area contributed by atoms with E-state index in [1.807, 2.05) is 72.8 Å². The first-order valence-corrected chi connectivity index (χ1v) is 17.1. The maximum atomic E-state index is 13.7. The highest BCUT2D eigenvalue weighted by molar-refractivity contribution is 6.31. The molecule has 6 rings (SSSR count). The van der Waals surface area contributed by atoms with Crippen LogP contribution in [-0.4, -0.2) is 60.6 Å². The van der Waals surface area contributed by atoms with Crippen molar-refractivity contribution in [2.24, 2.45) is 9.98 Å². The maximum absolute atomic E-state index is 13.7. The number of unbranched alkanes of at least 4 members (excludes halogenated alkanes) is 3. The van der Waals surface area contributed by atoms with E-state index >= 15 is 0 Å². The van der Waals surface area contributed by atoms with E-state index < -0.39 is 0 Å². The maximum Gasteiger partial charge on any atom is 0.278 e. The third kappa shape index (κ3) is 7.83. The summed E-state index contributed by atoms with van der Waals surface area (Å²) in [6, 6.07) is 29.7. The van der Waals surface area contributed by atoms with Gasteiger partial charge in [-0.05, 0) is 84.7 Å². The largest absolute Gasteiger partial charge is 0.496 e. The molecule has 0 atom stereocenters. The highest BCUT2D eigenvalue weighted by Crippen LogP contribution is 2.30. The number of nitrogens with zero attached hydrogens (tertiary/aromatic N) is 4. The topological polar surface area (TPSA) is 83.8 Å². The van der Waals surface area contributed by atoms with E-state index in [-0.39, 0.29) is 11.8 Å². The summed E-state index contributed by atoms with van der Waals surface area (Å²) in [5.41, 5.74) is 3.88. The van der Waals surface area contributed by atoms with Crippen molar-refractivity contribution in [2.45, 2.75) is 25.7 Å². The molecule has 0 unspecified atom stereocenters. The molecule has 0 radical (unpaired) electrons. The molecule has 0 saturated carbocycles. The zero-order chi connectivity index (χ0) is 35.0. The van der Waals surface area contributed by atoms with Crippen molar-refractivity contribution < 1.29 is 19.1 Å². The molecule has 2 aliphatic rings. The van der Waals surface area contributed by atoms with Gasteiger partial charge >= 0.3 is 0 Å². The summed E-state index contributed by atoms with van der Waals surface area (Å²) >= 11 is 12.1. The van der Waals surface area contributed by atoms with Gasteiger partial charge in [0, 0.05) is 23.1 Å². The molecule has 0 spiro atoms. The van der Waals surface area contributed by atoms with E-state index in [2.05, 4.69) is 0 Å². The fourth-order valence-corrected chi connectivity index (χ4v) is 6.17. The molecule has 2 heterocycles. The van der Waals surface area contributed by atoms with E-state index in [0.717, 1.165) is 47.9 Å². The Morgan fingerprint density at radius 1 is 0.560 bits per heavy atom. The lowest BCUT2D eigenvalue weighted by Gasteiger charge is -2.21. The summed E-state index contributed by atoms with van der Waals surface area (Å²) in [6.45, 7) is 0.969. The van der Waals surface area contributed by atoms with Gasteiger partial charge in [-0.25, -0.2) is 9.98 Å². The van der Waals surface area contributed by atoms with Crippen molar-refractivity contribution in [3.63, 3.8) is 0 Å². The first-order chi connectivity index (χ1) is 24.4. The van der Waals surface area contributed by atoms with Crippen molar-refractivity contribution in [3.05, 3.63) is 141 Å². The highest BCUT2D eigenvalue weighted by atomic mass is 35.5. The van der Waals surface area contributed by atoms with Gasteiger partial charge in [0.05, 0.1) is 25.3 Å². The number of methoxy groups -OCH3 is 2. The SMILES string of the molecule is COc1ccccc1C1=N/C(=C\c2ccc(Cl)cc2)C(=O)N1CCCCCCN1C(=O)/C(=C\c2ccc(Cl)cc2)N=C1c1ccccc1OC. The Kier molecular flexibility index (Phi) is 11.1. The van der Waals surface area contributed by atoms with Crippen LogP contribution in [0.15, 0.2) is 118 Å². The van der Waals surface area contributed by atoms with Gasteiger partial charge in [-0.2, -0.15) is 0 Å². The number of amidine groups is 2. The molecule has 2 amide bonds. The van der Waals surface area contributed by atoms with Crippen molar-refractivity contribution in [2.75, 3.05) is 27.3 Å². The number of carbonyl (C=O) groups excluding carboxylic acids is 2. The van der Waals surface area contributed by atoms with Crippen molar-refractivity contribution in [1.29, 1.82) is 0 Å². The number of ether oxygens (including phenoxy) is 2. The Labute approximate surface area is 302 Å². The molecule has 10 heteroatoms. The van der Waals surface area contributed by atoms with Crippen LogP contribution in [-0.2, 0) is 9.59 Å². The first kappa shape index (κ1) is 34.7. The normalized spacial score (nSPS) is 16.0. The number of halogens is 2. The summed E-state index contributed by atoms with van der Waals surface area (Å²) in [5, 5.41) is 1.24. The number of hydrogen-bond acceptors (Lipinski definition) is 6. The van der Waals surface area contributed by atoms with Crippen LogP contribution in [0.25, 0.3) is 12.2 Å². The summed E-state index contributed by atoms with van der Waals surface area (Å²) in [7, 11) is 3.22.